The van der Waals surface area contributed by atoms with E-state index in [1.165, 1.54) is 11.8 Å². The van der Waals surface area contributed by atoms with E-state index in [1.807, 2.05) is 66.9 Å². The smallest absolute Gasteiger partial charge is 0.230 e. The van der Waals surface area contributed by atoms with Gasteiger partial charge in [-0.05, 0) is 42.0 Å². The standard InChI is InChI=1S/C22H18ClN5OS/c23-19-5-2-1-4-17(19)14-24-21(29)15-30-22-11-10-20(26-27-22)16-6-8-18(9-7-16)28-13-3-12-25-28/h1-13H,14-15H2,(H,24,29). The molecule has 30 heavy (non-hydrogen) atoms. The highest BCUT2D eigenvalue weighted by atomic mass is 35.5. The van der Waals surface area contributed by atoms with Crippen LogP contribution in [0, 0.1) is 0 Å². The highest BCUT2D eigenvalue weighted by Crippen LogP contribution is 2.21. The number of benzene rings is 2. The SMILES string of the molecule is O=C(CSc1ccc(-c2ccc(-n3cccn3)cc2)nn1)NCc1ccccc1Cl. The molecule has 4 aromatic rings. The van der Waals surface area contributed by atoms with Crippen LogP contribution in [0.15, 0.2) is 84.1 Å². The van der Waals surface area contributed by atoms with E-state index in [4.69, 9.17) is 11.6 Å². The third-order valence-corrected chi connectivity index (χ3v) is 5.65. The molecule has 0 saturated heterocycles. The Morgan fingerprint density at radius 3 is 2.53 bits per heavy atom. The summed E-state index contributed by atoms with van der Waals surface area (Å²) in [5, 5.41) is 16.9. The van der Waals surface area contributed by atoms with Gasteiger partial charge in [-0.15, -0.1) is 10.2 Å². The van der Waals surface area contributed by atoms with Crippen LogP contribution in [0.3, 0.4) is 0 Å². The molecule has 0 bridgehead atoms. The first kappa shape index (κ1) is 20.1. The molecule has 1 N–H and O–H groups in total. The lowest BCUT2D eigenvalue weighted by atomic mass is 10.1. The molecule has 0 aliphatic carbocycles. The summed E-state index contributed by atoms with van der Waals surface area (Å²) in [5.41, 5.74) is 3.61. The van der Waals surface area contributed by atoms with Gasteiger partial charge >= 0.3 is 0 Å². The van der Waals surface area contributed by atoms with E-state index in [0.29, 0.717) is 16.6 Å². The Morgan fingerprint density at radius 2 is 1.83 bits per heavy atom. The van der Waals surface area contributed by atoms with Crippen molar-refractivity contribution in [3.05, 3.63) is 89.7 Å². The third-order valence-electron chi connectivity index (χ3n) is 4.36. The molecule has 1 amide bonds. The number of hydrogen-bond donors (Lipinski definition) is 1. The van der Waals surface area contributed by atoms with E-state index < -0.39 is 0 Å². The van der Waals surface area contributed by atoms with Gasteiger partial charge in [0.1, 0.15) is 5.03 Å². The van der Waals surface area contributed by atoms with Gasteiger partial charge in [-0.1, -0.05) is 53.7 Å². The normalized spacial score (nSPS) is 10.7. The molecule has 0 aliphatic heterocycles. The summed E-state index contributed by atoms with van der Waals surface area (Å²) in [6.07, 6.45) is 3.64. The fourth-order valence-electron chi connectivity index (χ4n) is 2.78. The predicted molar refractivity (Wildman–Crippen MR) is 119 cm³/mol. The van der Waals surface area contributed by atoms with Crippen molar-refractivity contribution in [2.24, 2.45) is 0 Å². The van der Waals surface area contributed by atoms with Crippen molar-refractivity contribution < 1.29 is 4.79 Å². The van der Waals surface area contributed by atoms with Crippen molar-refractivity contribution in [2.75, 3.05) is 5.75 Å². The summed E-state index contributed by atoms with van der Waals surface area (Å²) in [7, 11) is 0. The number of carbonyl (C=O) groups is 1. The molecular weight excluding hydrogens is 418 g/mol. The number of amides is 1. The number of aromatic nitrogens is 4. The maximum atomic E-state index is 12.1. The van der Waals surface area contributed by atoms with E-state index in [2.05, 4.69) is 20.6 Å². The van der Waals surface area contributed by atoms with Crippen LogP contribution in [0.4, 0.5) is 0 Å². The van der Waals surface area contributed by atoms with E-state index in [9.17, 15) is 4.79 Å². The van der Waals surface area contributed by atoms with Crippen molar-refractivity contribution in [1.82, 2.24) is 25.3 Å². The highest BCUT2D eigenvalue weighted by molar-refractivity contribution is 7.99. The largest absolute Gasteiger partial charge is 0.351 e. The first-order chi connectivity index (χ1) is 14.7. The minimum absolute atomic E-state index is 0.0833. The molecule has 2 aromatic heterocycles. The number of hydrogen-bond acceptors (Lipinski definition) is 5. The Kier molecular flexibility index (Phi) is 6.41. The van der Waals surface area contributed by atoms with Gasteiger partial charge in [-0.2, -0.15) is 5.10 Å². The van der Waals surface area contributed by atoms with Crippen LogP contribution in [0.25, 0.3) is 16.9 Å². The summed E-state index contributed by atoms with van der Waals surface area (Å²) in [6.45, 7) is 0.401. The van der Waals surface area contributed by atoms with Gasteiger partial charge in [-0.25, -0.2) is 4.68 Å². The Morgan fingerprint density at radius 1 is 1.00 bits per heavy atom. The van der Waals surface area contributed by atoms with E-state index in [-0.39, 0.29) is 11.7 Å². The van der Waals surface area contributed by atoms with Crippen molar-refractivity contribution >= 4 is 29.3 Å². The maximum absolute atomic E-state index is 12.1. The van der Waals surface area contributed by atoms with Crippen LogP contribution in [0.2, 0.25) is 5.02 Å². The molecular formula is C22H18ClN5OS. The molecule has 0 spiro atoms. The van der Waals surface area contributed by atoms with Crippen molar-refractivity contribution in [3.63, 3.8) is 0 Å². The fraction of sp³-hybridized carbons (Fsp3) is 0.0909. The number of nitrogens with zero attached hydrogens (tertiary/aromatic N) is 4. The summed E-state index contributed by atoms with van der Waals surface area (Å²) in [5.74, 6) is 0.178. The second-order valence-corrected chi connectivity index (χ2v) is 7.81. The zero-order valence-corrected chi connectivity index (χ0v) is 17.5. The summed E-state index contributed by atoms with van der Waals surface area (Å²) in [6, 6.07) is 21.0. The molecule has 2 aromatic carbocycles. The Bertz CT molecular complexity index is 1120. The van der Waals surface area contributed by atoms with Gasteiger partial charge in [0.05, 0.1) is 17.1 Å². The molecule has 4 rings (SSSR count). The summed E-state index contributed by atoms with van der Waals surface area (Å²) >= 11 is 7.44. The molecule has 0 atom stereocenters. The van der Waals surface area contributed by atoms with Crippen LogP contribution < -0.4 is 5.32 Å². The van der Waals surface area contributed by atoms with Gasteiger partial charge in [0.25, 0.3) is 0 Å². The van der Waals surface area contributed by atoms with Crippen molar-refractivity contribution in [2.45, 2.75) is 11.6 Å². The van der Waals surface area contributed by atoms with E-state index >= 15 is 0 Å². The second kappa shape index (κ2) is 9.56. The lowest BCUT2D eigenvalue weighted by molar-refractivity contribution is -0.118. The first-order valence-corrected chi connectivity index (χ1v) is 10.6. The van der Waals surface area contributed by atoms with Crippen LogP contribution in [-0.2, 0) is 11.3 Å². The maximum Gasteiger partial charge on any atom is 0.230 e. The number of rotatable bonds is 7. The van der Waals surface area contributed by atoms with Crippen molar-refractivity contribution in [3.8, 4) is 16.9 Å². The summed E-state index contributed by atoms with van der Waals surface area (Å²) in [4.78, 5) is 12.1. The third kappa shape index (κ3) is 5.06. The second-order valence-electron chi connectivity index (χ2n) is 6.41. The predicted octanol–water partition coefficient (Wildman–Crippen LogP) is 4.39. The number of carbonyl (C=O) groups excluding carboxylic acids is 1. The van der Waals surface area contributed by atoms with E-state index in [0.717, 1.165) is 22.5 Å². The zero-order valence-electron chi connectivity index (χ0n) is 15.9. The molecule has 8 heteroatoms. The average Bonchev–Trinajstić information content (AvgIpc) is 3.33. The average molecular weight is 436 g/mol. The number of nitrogens with one attached hydrogen (secondary N) is 1. The Labute approximate surface area is 183 Å². The lowest BCUT2D eigenvalue weighted by Gasteiger charge is -2.07. The van der Waals surface area contributed by atoms with E-state index in [1.54, 1.807) is 16.9 Å². The Hall–Kier alpha value is -3.16. The minimum atomic E-state index is -0.0833. The van der Waals surface area contributed by atoms with Gasteiger partial charge < -0.3 is 5.32 Å². The number of halogens is 1. The Balaban J connectivity index is 1.30. The lowest BCUT2D eigenvalue weighted by Crippen LogP contribution is -2.24. The molecule has 150 valence electrons. The molecule has 0 aliphatic rings. The van der Waals surface area contributed by atoms with Gasteiger partial charge in [0.15, 0.2) is 0 Å². The van der Waals surface area contributed by atoms with Gasteiger partial charge in [0.2, 0.25) is 5.91 Å². The number of thioether (sulfide) groups is 1. The topological polar surface area (TPSA) is 72.7 Å². The fourth-order valence-corrected chi connectivity index (χ4v) is 3.63. The molecule has 0 fully saturated rings. The first-order valence-electron chi connectivity index (χ1n) is 9.26. The molecule has 0 radical (unpaired) electrons. The van der Waals surface area contributed by atoms with Crippen LogP contribution in [-0.4, -0.2) is 31.6 Å². The van der Waals surface area contributed by atoms with Crippen LogP contribution in [0.1, 0.15) is 5.56 Å². The van der Waals surface area contributed by atoms with Gasteiger partial charge in [0, 0.05) is 29.5 Å². The van der Waals surface area contributed by atoms with Gasteiger partial charge in [-0.3, -0.25) is 4.79 Å². The highest BCUT2D eigenvalue weighted by Gasteiger charge is 2.07. The molecule has 2 heterocycles. The van der Waals surface area contributed by atoms with Crippen molar-refractivity contribution in [1.29, 1.82) is 0 Å². The molecule has 0 saturated carbocycles. The quantitative estimate of drug-likeness (QED) is 0.436. The molecule has 0 unspecified atom stereocenters. The summed E-state index contributed by atoms with van der Waals surface area (Å²) < 4.78 is 1.80. The zero-order chi connectivity index (χ0) is 20.8. The molecule has 6 nitrogen and oxygen atoms in total. The minimum Gasteiger partial charge on any atom is -0.351 e. The van der Waals surface area contributed by atoms with Crippen LogP contribution in [0.5, 0.6) is 0 Å². The van der Waals surface area contributed by atoms with Crippen LogP contribution >= 0.6 is 23.4 Å². The monoisotopic (exact) mass is 435 g/mol.